The Morgan fingerprint density at radius 1 is 1.22 bits per heavy atom. The highest BCUT2D eigenvalue weighted by Gasteiger charge is 2.26. The molecular weight excluding hydrogens is 431 g/mol. The Labute approximate surface area is 188 Å². The van der Waals surface area contributed by atoms with E-state index in [1.807, 2.05) is 12.1 Å². The van der Waals surface area contributed by atoms with E-state index < -0.39 is 15.8 Å². The SMILES string of the molecule is CC(C)C1=NCCc2ccc(Nc3ncc(F)c(NC4CCN(S(C)(=O)=O)CC4)n3)cc21. The molecule has 2 aliphatic rings. The number of anilines is 3. The van der Waals surface area contributed by atoms with Gasteiger partial charge in [-0.2, -0.15) is 4.98 Å². The summed E-state index contributed by atoms with van der Waals surface area (Å²) in [7, 11) is -3.20. The van der Waals surface area contributed by atoms with Crippen LogP contribution in [-0.2, 0) is 16.4 Å². The normalized spacial score (nSPS) is 17.7. The fourth-order valence-electron chi connectivity index (χ4n) is 4.17. The van der Waals surface area contributed by atoms with Gasteiger partial charge in [-0.05, 0) is 42.9 Å². The Balaban J connectivity index is 1.47. The first-order valence-corrected chi connectivity index (χ1v) is 12.7. The Kier molecular flexibility index (Phi) is 6.43. The van der Waals surface area contributed by atoms with Gasteiger partial charge in [-0.15, -0.1) is 0 Å². The number of hydrogen-bond acceptors (Lipinski definition) is 7. The summed E-state index contributed by atoms with van der Waals surface area (Å²) in [5, 5.41) is 6.29. The van der Waals surface area contributed by atoms with Gasteiger partial charge in [0.25, 0.3) is 0 Å². The summed E-state index contributed by atoms with van der Waals surface area (Å²) in [6, 6.07) is 6.06. The maximum Gasteiger partial charge on any atom is 0.229 e. The number of nitrogens with one attached hydrogen (secondary N) is 2. The minimum absolute atomic E-state index is 0.0567. The molecule has 4 rings (SSSR count). The quantitative estimate of drug-likeness (QED) is 0.687. The Bertz CT molecular complexity index is 1130. The number of hydrogen-bond donors (Lipinski definition) is 2. The van der Waals surface area contributed by atoms with Crippen LogP contribution in [0.2, 0.25) is 0 Å². The maximum atomic E-state index is 14.4. The number of halogens is 1. The number of rotatable bonds is 6. The van der Waals surface area contributed by atoms with Crippen LogP contribution in [0.5, 0.6) is 0 Å². The molecule has 1 fully saturated rings. The third-order valence-corrected chi connectivity index (χ3v) is 7.16. The van der Waals surface area contributed by atoms with Crippen molar-refractivity contribution in [3.05, 3.63) is 41.3 Å². The predicted molar refractivity (Wildman–Crippen MR) is 125 cm³/mol. The number of aromatic nitrogens is 2. The molecule has 0 saturated carbocycles. The summed E-state index contributed by atoms with van der Waals surface area (Å²) in [5.41, 5.74) is 4.32. The third kappa shape index (κ3) is 5.07. The fourth-order valence-corrected chi connectivity index (χ4v) is 5.04. The lowest BCUT2D eigenvalue weighted by Gasteiger charge is -2.31. The second-order valence-electron chi connectivity index (χ2n) is 8.64. The van der Waals surface area contributed by atoms with E-state index in [0.717, 1.165) is 36.1 Å². The fraction of sp³-hybridized carbons (Fsp3) is 0.500. The molecule has 0 amide bonds. The maximum absolute atomic E-state index is 14.4. The summed E-state index contributed by atoms with van der Waals surface area (Å²) < 4.78 is 39.2. The topological polar surface area (TPSA) is 99.6 Å². The number of sulfonamides is 1. The van der Waals surface area contributed by atoms with Gasteiger partial charge in [0.2, 0.25) is 16.0 Å². The van der Waals surface area contributed by atoms with Crippen LogP contribution in [0.3, 0.4) is 0 Å². The van der Waals surface area contributed by atoms with Crippen LogP contribution in [0.25, 0.3) is 0 Å². The van der Waals surface area contributed by atoms with E-state index in [-0.39, 0.29) is 11.9 Å². The van der Waals surface area contributed by atoms with Crippen LogP contribution in [0.15, 0.2) is 29.4 Å². The van der Waals surface area contributed by atoms with Crippen molar-refractivity contribution in [3.63, 3.8) is 0 Å². The average Bonchev–Trinajstić information content (AvgIpc) is 2.75. The number of fused-ring (bicyclic) bond motifs is 1. The van der Waals surface area contributed by atoms with E-state index in [1.54, 1.807) is 0 Å². The molecule has 32 heavy (non-hydrogen) atoms. The standard InChI is InChI=1S/C22H29FN6O2S/c1-14(2)20-18-12-17(5-4-15(18)6-9-24-20)27-22-25-13-19(23)21(28-22)26-16-7-10-29(11-8-16)32(3,30)31/h4-5,12-14,16H,6-11H2,1-3H3,(H2,25,26,27,28). The predicted octanol–water partition coefficient (Wildman–Crippen LogP) is 3.20. The molecular formula is C22H29FN6O2S. The molecule has 0 unspecified atom stereocenters. The molecule has 0 spiro atoms. The largest absolute Gasteiger partial charge is 0.365 e. The van der Waals surface area contributed by atoms with E-state index in [1.165, 1.54) is 16.1 Å². The summed E-state index contributed by atoms with van der Waals surface area (Å²) in [5.74, 6) is 0.195. The lowest BCUT2D eigenvalue weighted by molar-refractivity contribution is 0.331. The van der Waals surface area contributed by atoms with Crippen LogP contribution in [0.1, 0.15) is 37.8 Å². The summed E-state index contributed by atoms with van der Waals surface area (Å²) in [4.78, 5) is 13.1. The molecule has 8 nitrogen and oxygen atoms in total. The zero-order valence-corrected chi connectivity index (χ0v) is 19.4. The number of aliphatic imine (C=N–C) groups is 1. The van der Waals surface area contributed by atoms with E-state index in [2.05, 4.69) is 45.5 Å². The van der Waals surface area contributed by atoms with Gasteiger partial charge in [-0.1, -0.05) is 19.9 Å². The number of piperidine rings is 1. The molecule has 10 heteroatoms. The number of nitrogens with zero attached hydrogens (tertiary/aromatic N) is 4. The second kappa shape index (κ2) is 9.11. The van der Waals surface area contributed by atoms with Crippen LogP contribution in [0, 0.1) is 11.7 Å². The van der Waals surface area contributed by atoms with Crippen molar-refractivity contribution in [1.82, 2.24) is 14.3 Å². The molecule has 2 aliphatic heterocycles. The minimum atomic E-state index is -3.20. The molecule has 0 radical (unpaired) electrons. The average molecular weight is 461 g/mol. The Morgan fingerprint density at radius 3 is 2.66 bits per heavy atom. The monoisotopic (exact) mass is 460 g/mol. The molecule has 1 saturated heterocycles. The molecule has 2 aromatic rings. The Morgan fingerprint density at radius 2 is 1.97 bits per heavy atom. The van der Waals surface area contributed by atoms with E-state index in [0.29, 0.717) is 37.8 Å². The minimum Gasteiger partial charge on any atom is -0.365 e. The lowest BCUT2D eigenvalue weighted by atomic mass is 9.91. The smallest absolute Gasteiger partial charge is 0.229 e. The van der Waals surface area contributed by atoms with Gasteiger partial charge >= 0.3 is 0 Å². The van der Waals surface area contributed by atoms with Crippen molar-refractivity contribution < 1.29 is 12.8 Å². The molecule has 2 N–H and O–H groups in total. The van der Waals surface area contributed by atoms with Gasteiger partial charge in [-0.3, -0.25) is 4.99 Å². The van der Waals surface area contributed by atoms with Gasteiger partial charge in [0.05, 0.1) is 12.5 Å². The highest BCUT2D eigenvalue weighted by molar-refractivity contribution is 7.88. The highest BCUT2D eigenvalue weighted by Crippen LogP contribution is 2.26. The van der Waals surface area contributed by atoms with Crippen LogP contribution in [0.4, 0.5) is 21.8 Å². The zero-order valence-electron chi connectivity index (χ0n) is 18.6. The number of benzene rings is 1. The molecule has 172 valence electrons. The lowest BCUT2D eigenvalue weighted by Crippen LogP contribution is -2.42. The van der Waals surface area contributed by atoms with Crippen LogP contribution >= 0.6 is 0 Å². The zero-order chi connectivity index (χ0) is 22.9. The first-order valence-electron chi connectivity index (χ1n) is 10.9. The van der Waals surface area contributed by atoms with E-state index >= 15 is 0 Å². The molecule has 1 aromatic heterocycles. The van der Waals surface area contributed by atoms with Crippen molar-refractivity contribution >= 4 is 33.2 Å². The van der Waals surface area contributed by atoms with Gasteiger partial charge in [0.1, 0.15) is 0 Å². The van der Waals surface area contributed by atoms with Crippen molar-refractivity contribution in [2.75, 3.05) is 36.5 Å². The van der Waals surface area contributed by atoms with Crippen molar-refractivity contribution in [2.45, 2.75) is 39.2 Å². The molecule has 0 atom stereocenters. The Hall–Kier alpha value is -2.59. The summed E-state index contributed by atoms with van der Waals surface area (Å²) >= 11 is 0. The second-order valence-corrected chi connectivity index (χ2v) is 10.6. The van der Waals surface area contributed by atoms with Crippen molar-refractivity contribution in [1.29, 1.82) is 0 Å². The van der Waals surface area contributed by atoms with E-state index in [9.17, 15) is 12.8 Å². The van der Waals surface area contributed by atoms with Gasteiger partial charge in [-0.25, -0.2) is 22.1 Å². The third-order valence-electron chi connectivity index (χ3n) is 5.86. The van der Waals surface area contributed by atoms with Gasteiger partial charge in [0.15, 0.2) is 11.6 Å². The molecule has 3 heterocycles. The summed E-state index contributed by atoms with van der Waals surface area (Å²) in [6.45, 7) is 5.89. The first-order chi connectivity index (χ1) is 15.2. The van der Waals surface area contributed by atoms with Crippen LogP contribution < -0.4 is 10.6 Å². The highest BCUT2D eigenvalue weighted by atomic mass is 32.2. The molecule has 0 bridgehead atoms. The molecule has 1 aromatic carbocycles. The van der Waals surface area contributed by atoms with Crippen molar-refractivity contribution in [3.8, 4) is 0 Å². The van der Waals surface area contributed by atoms with Gasteiger partial charge < -0.3 is 10.6 Å². The molecule has 0 aliphatic carbocycles. The van der Waals surface area contributed by atoms with E-state index in [4.69, 9.17) is 0 Å². The van der Waals surface area contributed by atoms with Crippen molar-refractivity contribution in [2.24, 2.45) is 10.9 Å². The summed E-state index contributed by atoms with van der Waals surface area (Å²) in [6.07, 6.45) is 4.44. The van der Waals surface area contributed by atoms with Gasteiger partial charge in [0, 0.05) is 42.6 Å². The first kappa shape index (κ1) is 22.6. The van der Waals surface area contributed by atoms with Crippen LogP contribution in [-0.4, -0.2) is 60.3 Å².